The van der Waals surface area contributed by atoms with Crippen LogP contribution in [0.3, 0.4) is 0 Å². The van der Waals surface area contributed by atoms with Gasteiger partial charge in [-0.05, 0) is 67.3 Å². The molecule has 0 atom stereocenters. The van der Waals surface area contributed by atoms with E-state index in [2.05, 4.69) is 45.6 Å². The Morgan fingerprint density at radius 3 is 2.67 bits per heavy atom. The lowest BCUT2D eigenvalue weighted by molar-refractivity contribution is 0.103. The smallest absolute Gasteiger partial charge is 0.154 e. The van der Waals surface area contributed by atoms with Crippen molar-refractivity contribution in [2.45, 2.75) is 58.1 Å². The van der Waals surface area contributed by atoms with Crippen molar-refractivity contribution in [3.63, 3.8) is 0 Å². The zero-order valence-electron chi connectivity index (χ0n) is 19.0. The molecule has 0 aliphatic heterocycles. The molecule has 4 heterocycles. The van der Waals surface area contributed by atoms with Crippen LogP contribution in [-0.4, -0.2) is 41.2 Å². The van der Waals surface area contributed by atoms with E-state index < -0.39 is 0 Å². The summed E-state index contributed by atoms with van der Waals surface area (Å²) in [4.78, 5) is 9.34. The van der Waals surface area contributed by atoms with Gasteiger partial charge in [0.15, 0.2) is 5.82 Å². The molecular formula is C25H29N7O. The molecule has 0 saturated heterocycles. The maximum absolute atomic E-state index is 9.72. The van der Waals surface area contributed by atoms with Crippen molar-refractivity contribution in [3.05, 3.63) is 54.6 Å². The number of hydrogen-bond acceptors (Lipinski definition) is 7. The first kappa shape index (κ1) is 21.5. The molecule has 2 N–H and O–H groups in total. The van der Waals surface area contributed by atoms with E-state index in [1.807, 2.05) is 41.3 Å². The van der Waals surface area contributed by atoms with E-state index in [-0.39, 0.29) is 6.10 Å². The van der Waals surface area contributed by atoms with Crippen LogP contribution in [0.4, 0.5) is 11.6 Å². The molecule has 0 amide bonds. The highest BCUT2D eigenvalue weighted by Gasteiger charge is 2.20. The third kappa shape index (κ3) is 5.01. The topological polar surface area (TPSA) is 102 Å². The van der Waals surface area contributed by atoms with E-state index in [0.29, 0.717) is 23.5 Å². The molecule has 5 rings (SSSR count). The minimum Gasteiger partial charge on any atom is -0.393 e. The summed E-state index contributed by atoms with van der Waals surface area (Å²) in [6.07, 6.45) is 11.4. The van der Waals surface area contributed by atoms with Crippen molar-refractivity contribution in [2.75, 3.05) is 5.32 Å². The Hall–Kier alpha value is -3.39. The summed E-state index contributed by atoms with van der Waals surface area (Å²) in [6.45, 7) is 5.14. The second-order valence-electron chi connectivity index (χ2n) is 9.24. The number of nitrogens with one attached hydrogen (secondary N) is 1. The number of rotatable bonds is 6. The molecule has 1 aliphatic carbocycles. The predicted octanol–water partition coefficient (Wildman–Crippen LogP) is 4.70. The summed E-state index contributed by atoms with van der Waals surface area (Å²) in [7, 11) is 0. The van der Waals surface area contributed by atoms with Gasteiger partial charge in [0.25, 0.3) is 0 Å². The van der Waals surface area contributed by atoms with Crippen LogP contribution in [0.5, 0.6) is 0 Å². The molecule has 4 aromatic heterocycles. The van der Waals surface area contributed by atoms with Gasteiger partial charge < -0.3 is 10.4 Å². The number of nitrogens with zero attached hydrogens (tertiary/aromatic N) is 6. The van der Waals surface area contributed by atoms with Crippen LogP contribution in [-0.2, 0) is 6.54 Å². The van der Waals surface area contributed by atoms with Crippen LogP contribution in [0.2, 0.25) is 0 Å². The quantitative estimate of drug-likeness (QED) is 0.445. The monoisotopic (exact) mass is 443 g/mol. The Kier molecular flexibility index (Phi) is 6.00. The lowest BCUT2D eigenvalue weighted by Gasteiger charge is -2.25. The largest absolute Gasteiger partial charge is 0.393 e. The lowest BCUT2D eigenvalue weighted by Crippen LogP contribution is -2.21. The minimum atomic E-state index is -0.129. The molecule has 8 heteroatoms. The van der Waals surface area contributed by atoms with E-state index in [1.165, 1.54) is 0 Å². The number of aliphatic hydroxyl groups excluding tert-OH is 1. The fourth-order valence-electron chi connectivity index (χ4n) is 4.33. The first-order chi connectivity index (χ1) is 16.0. The van der Waals surface area contributed by atoms with Crippen LogP contribution >= 0.6 is 0 Å². The average molecular weight is 444 g/mol. The molecule has 0 spiro atoms. The SMILES string of the molecule is CC(C)c1cnnc(Nc2ccc3ncc(-c4cnn(C[C@H]5CC[C@H](O)CC5)c4)cc3n2)c1. The molecule has 0 aromatic carbocycles. The molecular weight excluding hydrogens is 414 g/mol. The van der Waals surface area contributed by atoms with Crippen molar-refractivity contribution < 1.29 is 5.11 Å². The third-order valence-corrected chi connectivity index (χ3v) is 6.36. The van der Waals surface area contributed by atoms with Gasteiger partial charge in [-0.25, -0.2) is 4.98 Å². The van der Waals surface area contributed by atoms with Crippen molar-refractivity contribution in [1.82, 2.24) is 29.9 Å². The molecule has 4 aromatic rings. The maximum Gasteiger partial charge on any atom is 0.154 e. The number of aromatic nitrogens is 6. The van der Waals surface area contributed by atoms with E-state index >= 15 is 0 Å². The molecule has 1 aliphatic rings. The van der Waals surface area contributed by atoms with Crippen molar-refractivity contribution in [3.8, 4) is 11.1 Å². The lowest BCUT2D eigenvalue weighted by atomic mass is 9.87. The summed E-state index contributed by atoms with van der Waals surface area (Å²) in [5.74, 6) is 2.33. The zero-order chi connectivity index (χ0) is 22.8. The van der Waals surface area contributed by atoms with Gasteiger partial charge in [0.2, 0.25) is 0 Å². The summed E-state index contributed by atoms with van der Waals surface area (Å²) >= 11 is 0. The Bertz CT molecular complexity index is 1240. The van der Waals surface area contributed by atoms with E-state index in [4.69, 9.17) is 4.98 Å². The molecule has 170 valence electrons. The number of hydrogen-bond donors (Lipinski definition) is 2. The normalized spacial score (nSPS) is 18.7. The molecule has 8 nitrogen and oxygen atoms in total. The molecule has 33 heavy (non-hydrogen) atoms. The Morgan fingerprint density at radius 2 is 1.85 bits per heavy atom. The first-order valence-electron chi connectivity index (χ1n) is 11.6. The van der Waals surface area contributed by atoms with Crippen molar-refractivity contribution in [2.24, 2.45) is 5.92 Å². The summed E-state index contributed by atoms with van der Waals surface area (Å²) < 4.78 is 2.01. The predicted molar refractivity (Wildman–Crippen MR) is 128 cm³/mol. The van der Waals surface area contributed by atoms with Crippen LogP contribution in [0.15, 0.2) is 49.1 Å². The van der Waals surface area contributed by atoms with Gasteiger partial charge in [-0.15, -0.1) is 5.10 Å². The highest BCUT2D eigenvalue weighted by Crippen LogP contribution is 2.27. The van der Waals surface area contributed by atoms with Gasteiger partial charge in [0.05, 0.1) is 29.5 Å². The molecule has 0 radical (unpaired) electrons. The highest BCUT2D eigenvalue weighted by atomic mass is 16.3. The Balaban J connectivity index is 1.34. The van der Waals surface area contributed by atoms with Crippen LogP contribution in [0.25, 0.3) is 22.2 Å². The van der Waals surface area contributed by atoms with Gasteiger partial charge in [0, 0.05) is 30.1 Å². The third-order valence-electron chi connectivity index (χ3n) is 6.36. The van der Waals surface area contributed by atoms with E-state index in [0.717, 1.165) is 60.0 Å². The van der Waals surface area contributed by atoms with Gasteiger partial charge >= 0.3 is 0 Å². The second kappa shape index (κ2) is 9.23. The molecule has 0 bridgehead atoms. The molecule has 1 saturated carbocycles. The van der Waals surface area contributed by atoms with Crippen molar-refractivity contribution in [1.29, 1.82) is 0 Å². The standard InChI is InChI=1S/C25H29N7O/c1-16(2)18-10-25(31-27-12-18)30-24-8-7-22-23(29-24)9-19(11-26-22)20-13-28-32(15-20)14-17-3-5-21(33)6-4-17/h7-13,15-17,21,33H,3-6,14H2,1-2H3,(H,29,30,31)/t17-,21-. The van der Waals surface area contributed by atoms with Gasteiger partial charge in [0.1, 0.15) is 5.82 Å². The summed E-state index contributed by atoms with van der Waals surface area (Å²) in [6, 6.07) is 7.90. The Morgan fingerprint density at radius 1 is 1.00 bits per heavy atom. The second-order valence-corrected chi connectivity index (χ2v) is 9.24. The summed E-state index contributed by atoms with van der Waals surface area (Å²) in [5, 5.41) is 25.8. The summed E-state index contributed by atoms with van der Waals surface area (Å²) in [5.41, 5.74) is 4.77. The average Bonchev–Trinajstić information content (AvgIpc) is 3.29. The number of fused-ring (bicyclic) bond motifs is 1. The van der Waals surface area contributed by atoms with Gasteiger partial charge in [-0.2, -0.15) is 10.2 Å². The maximum atomic E-state index is 9.72. The highest BCUT2D eigenvalue weighted by molar-refractivity contribution is 5.81. The minimum absolute atomic E-state index is 0.129. The Labute approximate surface area is 193 Å². The fraction of sp³-hybridized carbons (Fsp3) is 0.400. The van der Waals surface area contributed by atoms with Gasteiger partial charge in [-0.3, -0.25) is 9.67 Å². The number of anilines is 2. The van der Waals surface area contributed by atoms with E-state index in [1.54, 1.807) is 6.20 Å². The zero-order valence-corrected chi connectivity index (χ0v) is 19.0. The van der Waals surface area contributed by atoms with Gasteiger partial charge in [-0.1, -0.05) is 13.8 Å². The van der Waals surface area contributed by atoms with Crippen molar-refractivity contribution >= 4 is 22.7 Å². The van der Waals surface area contributed by atoms with Crippen LogP contribution in [0, 0.1) is 5.92 Å². The molecule has 0 unspecified atom stereocenters. The van der Waals surface area contributed by atoms with E-state index in [9.17, 15) is 5.11 Å². The fourth-order valence-corrected chi connectivity index (χ4v) is 4.33. The first-order valence-corrected chi connectivity index (χ1v) is 11.6. The van der Waals surface area contributed by atoms with Crippen LogP contribution < -0.4 is 5.32 Å². The number of pyridine rings is 2. The molecule has 1 fully saturated rings. The number of aliphatic hydroxyl groups is 1. The van der Waals surface area contributed by atoms with Crippen LogP contribution in [0.1, 0.15) is 51.0 Å².